The number of benzene rings is 3. The Bertz CT molecular complexity index is 1220. The summed E-state index contributed by atoms with van der Waals surface area (Å²) in [6.07, 6.45) is 0. The second-order valence-corrected chi connectivity index (χ2v) is 7.67. The zero-order chi connectivity index (χ0) is 21.8. The van der Waals surface area contributed by atoms with E-state index >= 15 is 0 Å². The molecule has 1 aromatic heterocycles. The van der Waals surface area contributed by atoms with Crippen LogP contribution in [0.4, 0.5) is 5.82 Å². The summed E-state index contributed by atoms with van der Waals surface area (Å²) in [6, 6.07) is 25.5. The highest BCUT2D eigenvalue weighted by Crippen LogP contribution is 2.26. The van der Waals surface area contributed by atoms with Gasteiger partial charge in [0.2, 0.25) is 0 Å². The van der Waals surface area contributed by atoms with Crippen LogP contribution in [0.5, 0.6) is 11.5 Å². The van der Waals surface area contributed by atoms with Crippen LogP contribution in [0.1, 0.15) is 11.6 Å². The molecule has 0 aliphatic heterocycles. The maximum absolute atomic E-state index is 12.4. The third-order valence-electron chi connectivity index (χ3n) is 5.29. The Balaban J connectivity index is 1.53. The first-order valence-electron chi connectivity index (χ1n) is 10.2. The quantitative estimate of drug-likeness (QED) is 0.484. The molecule has 0 aliphatic rings. The lowest BCUT2D eigenvalue weighted by molar-refractivity contribution is 0.311. The number of hydrogen-bond acceptors (Lipinski definition) is 5. The molecule has 158 valence electrons. The Hall–Kier alpha value is -3.64. The Kier molecular flexibility index (Phi) is 6.00. The highest BCUT2D eigenvalue weighted by Gasteiger charge is 2.16. The van der Waals surface area contributed by atoms with Gasteiger partial charge in [-0.2, -0.15) is 5.10 Å². The molecule has 1 unspecified atom stereocenters. The van der Waals surface area contributed by atoms with E-state index in [0.29, 0.717) is 17.7 Å². The normalized spacial score (nSPS) is 12.1. The predicted molar refractivity (Wildman–Crippen MR) is 125 cm³/mol. The van der Waals surface area contributed by atoms with Crippen LogP contribution < -0.4 is 15.6 Å². The fraction of sp³-hybridized carbons (Fsp3) is 0.200. The summed E-state index contributed by atoms with van der Waals surface area (Å²) in [5, 5.41) is 9.37. The molecular weight excluding hydrogens is 388 g/mol. The summed E-state index contributed by atoms with van der Waals surface area (Å²) in [5.74, 6) is 2.31. The van der Waals surface area contributed by atoms with E-state index in [4.69, 9.17) is 4.74 Å². The number of hydrogen-bond donors (Lipinski definition) is 1. The molecule has 0 bridgehead atoms. The van der Waals surface area contributed by atoms with Gasteiger partial charge < -0.3 is 15.0 Å². The minimum absolute atomic E-state index is 0.0979. The highest BCUT2D eigenvalue weighted by molar-refractivity contribution is 5.90. The molecule has 0 fully saturated rings. The van der Waals surface area contributed by atoms with E-state index in [1.54, 1.807) is 7.05 Å². The van der Waals surface area contributed by atoms with E-state index in [-0.39, 0.29) is 11.6 Å². The number of aryl methyl sites for hydroxylation is 1. The van der Waals surface area contributed by atoms with Crippen LogP contribution in [0.25, 0.3) is 10.8 Å². The van der Waals surface area contributed by atoms with Gasteiger partial charge in [-0.3, -0.25) is 4.79 Å². The second kappa shape index (κ2) is 9.02. The summed E-state index contributed by atoms with van der Waals surface area (Å²) in [7, 11) is 5.77. The van der Waals surface area contributed by atoms with Crippen molar-refractivity contribution in [3.63, 3.8) is 0 Å². The zero-order valence-corrected chi connectivity index (χ0v) is 17.9. The van der Waals surface area contributed by atoms with Gasteiger partial charge in [-0.05, 0) is 50.0 Å². The zero-order valence-electron chi connectivity index (χ0n) is 17.9. The maximum atomic E-state index is 12.4. The minimum atomic E-state index is -0.0979. The lowest BCUT2D eigenvalue weighted by Gasteiger charge is -2.26. The van der Waals surface area contributed by atoms with Crippen LogP contribution in [0.15, 0.2) is 83.7 Å². The SMILES string of the molecule is CN(C)C(CNc1nn(C)c(=O)c2ccccc12)c1ccc(Oc2ccccc2)cc1. The van der Waals surface area contributed by atoms with Crippen LogP contribution in [0.2, 0.25) is 0 Å². The van der Waals surface area contributed by atoms with Crippen molar-refractivity contribution in [1.29, 1.82) is 0 Å². The Morgan fingerprint density at radius 1 is 0.903 bits per heavy atom. The van der Waals surface area contributed by atoms with Gasteiger partial charge in [0.05, 0.1) is 11.4 Å². The maximum Gasteiger partial charge on any atom is 0.274 e. The van der Waals surface area contributed by atoms with Gasteiger partial charge in [0.15, 0.2) is 5.82 Å². The van der Waals surface area contributed by atoms with Gasteiger partial charge in [-0.25, -0.2) is 4.68 Å². The molecule has 4 aromatic rings. The van der Waals surface area contributed by atoms with Crippen molar-refractivity contribution < 1.29 is 4.74 Å². The van der Waals surface area contributed by atoms with Gasteiger partial charge in [-0.15, -0.1) is 0 Å². The van der Waals surface area contributed by atoms with Gasteiger partial charge in [-0.1, -0.05) is 48.5 Å². The van der Waals surface area contributed by atoms with E-state index < -0.39 is 0 Å². The molecule has 0 saturated carbocycles. The Morgan fingerprint density at radius 2 is 1.52 bits per heavy atom. The molecule has 0 amide bonds. The van der Waals surface area contributed by atoms with E-state index in [1.807, 2.05) is 80.8 Å². The number of nitrogens with zero attached hydrogens (tertiary/aromatic N) is 3. The summed E-state index contributed by atoms with van der Waals surface area (Å²) in [5.41, 5.74) is 1.06. The first kappa shape index (κ1) is 20.6. The summed E-state index contributed by atoms with van der Waals surface area (Å²) >= 11 is 0. The standard InChI is InChI=1S/C25H26N4O2/c1-28(2)23(18-13-15-20(16-14-18)31-19-9-5-4-6-10-19)17-26-24-21-11-7-8-12-22(21)25(30)29(3)27-24/h4-16,23H,17H2,1-3H3,(H,26,27). The number of rotatable bonds is 7. The van der Waals surface area contributed by atoms with E-state index in [2.05, 4.69) is 27.4 Å². The van der Waals surface area contributed by atoms with Gasteiger partial charge in [0.25, 0.3) is 5.56 Å². The van der Waals surface area contributed by atoms with Gasteiger partial charge in [0, 0.05) is 19.0 Å². The van der Waals surface area contributed by atoms with E-state index in [0.717, 1.165) is 22.4 Å². The van der Waals surface area contributed by atoms with Crippen LogP contribution in [0.3, 0.4) is 0 Å². The molecule has 0 spiro atoms. The monoisotopic (exact) mass is 414 g/mol. The van der Waals surface area contributed by atoms with E-state index in [9.17, 15) is 4.79 Å². The minimum Gasteiger partial charge on any atom is -0.457 e. The molecule has 6 heteroatoms. The first-order valence-corrected chi connectivity index (χ1v) is 10.2. The fourth-order valence-corrected chi connectivity index (χ4v) is 3.60. The molecular formula is C25H26N4O2. The topological polar surface area (TPSA) is 59.4 Å². The van der Waals surface area contributed by atoms with Crippen LogP contribution >= 0.6 is 0 Å². The summed E-state index contributed by atoms with van der Waals surface area (Å²) in [6.45, 7) is 0.640. The predicted octanol–water partition coefficient (Wildman–Crippen LogP) is 4.44. The number of ether oxygens (including phenoxy) is 1. The van der Waals surface area contributed by atoms with Crippen molar-refractivity contribution >= 4 is 16.6 Å². The summed E-state index contributed by atoms with van der Waals surface area (Å²) < 4.78 is 7.28. The number of anilines is 1. The second-order valence-electron chi connectivity index (χ2n) is 7.67. The van der Waals surface area contributed by atoms with Crippen molar-refractivity contribution in [2.75, 3.05) is 26.0 Å². The van der Waals surface area contributed by atoms with Crippen molar-refractivity contribution in [1.82, 2.24) is 14.7 Å². The highest BCUT2D eigenvalue weighted by atomic mass is 16.5. The molecule has 0 saturated heterocycles. The average Bonchev–Trinajstić information content (AvgIpc) is 2.79. The van der Waals surface area contributed by atoms with Crippen molar-refractivity contribution in [3.05, 3.63) is 94.8 Å². The third-order valence-corrected chi connectivity index (χ3v) is 5.29. The molecule has 31 heavy (non-hydrogen) atoms. The lowest BCUT2D eigenvalue weighted by atomic mass is 10.1. The summed E-state index contributed by atoms with van der Waals surface area (Å²) in [4.78, 5) is 14.5. The smallest absolute Gasteiger partial charge is 0.274 e. The Morgan fingerprint density at radius 3 is 2.19 bits per heavy atom. The molecule has 3 aromatic carbocycles. The third kappa shape index (κ3) is 4.59. The van der Waals surface area contributed by atoms with Gasteiger partial charge >= 0.3 is 0 Å². The van der Waals surface area contributed by atoms with Crippen LogP contribution in [-0.4, -0.2) is 35.3 Å². The van der Waals surface area contributed by atoms with Gasteiger partial charge in [0.1, 0.15) is 11.5 Å². The molecule has 1 heterocycles. The number of para-hydroxylation sites is 1. The molecule has 0 aliphatic carbocycles. The fourth-order valence-electron chi connectivity index (χ4n) is 3.60. The van der Waals surface area contributed by atoms with Crippen LogP contribution in [-0.2, 0) is 7.05 Å². The number of aromatic nitrogens is 2. The molecule has 6 nitrogen and oxygen atoms in total. The molecule has 1 N–H and O–H groups in total. The van der Waals surface area contributed by atoms with Crippen molar-refractivity contribution in [2.45, 2.75) is 6.04 Å². The van der Waals surface area contributed by atoms with Crippen molar-refractivity contribution in [3.8, 4) is 11.5 Å². The first-order chi connectivity index (χ1) is 15.0. The lowest BCUT2D eigenvalue weighted by Crippen LogP contribution is -2.28. The van der Waals surface area contributed by atoms with Crippen LogP contribution in [0, 0.1) is 0 Å². The number of fused-ring (bicyclic) bond motifs is 1. The number of nitrogens with one attached hydrogen (secondary N) is 1. The molecule has 0 radical (unpaired) electrons. The largest absolute Gasteiger partial charge is 0.457 e. The average molecular weight is 415 g/mol. The Labute approximate surface area is 181 Å². The molecule has 4 rings (SSSR count). The van der Waals surface area contributed by atoms with E-state index in [1.165, 1.54) is 4.68 Å². The number of likely N-dealkylation sites (N-methyl/N-ethyl adjacent to an activating group) is 1. The van der Waals surface area contributed by atoms with Crippen molar-refractivity contribution in [2.24, 2.45) is 7.05 Å². The molecule has 1 atom stereocenters.